The highest BCUT2D eigenvalue weighted by Crippen LogP contribution is 2.15. The molecule has 0 bridgehead atoms. The molecule has 3 nitrogen and oxygen atoms in total. The molecule has 0 aromatic heterocycles. The maximum Gasteiger partial charge on any atom is 0.224 e. The van der Waals surface area contributed by atoms with Gasteiger partial charge in [0.05, 0.1) is 0 Å². The van der Waals surface area contributed by atoms with Crippen LogP contribution in [0.2, 0.25) is 0 Å². The second-order valence-electron chi connectivity index (χ2n) is 4.23. The number of hydrogen-bond donors (Lipinski definition) is 2. The van der Waals surface area contributed by atoms with Crippen molar-refractivity contribution in [1.29, 1.82) is 0 Å². The number of aryl methyl sites for hydroxylation is 1. The third kappa shape index (κ3) is 4.10. The van der Waals surface area contributed by atoms with Crippen molar-refractivity contribution in [2.24, 2.45) is 0 Å². The van der Waals surface area contributed by atoms with Crippen molar-refractivity contribution in [2.45, 2.75) is 12.8 Å². The number of carbonyl (C=O) groups is 1. The second kappa shape index (κ2) is 6.00. The number of phenolic OH excluding ortho intramolecular Hbond substituents is 1. The van der Waals surface area contributed by atoms with Crippen molar-refractivity contribution >= 4 is 11.6 Å². The summed E-state index contributed by atoms with van der Waals surface area (Å²) in [5.41, 5.74) is 1.33. The minimum Gasteiger partial charge on any atom is -0.508 e. The molecule has 0 fully saturated rings. The van der Waals surface area contributed by atoms with E-state index in [0.717, 1.165) is 5.56 Å². The van der Waals surface area contributed by atoms with Crippen molar-refractivity contribution in [3.8, 4) is 5.75 Å². The lowest BCUT2D eigenvalue weighted by Crippen LogP contribution is -2.12. The Hall–Kier alpha value is -2.36. The van der Waals surface area contributed by atoms with E-state index in [2.05, 4.69) is 5.32 Å². The standard InChI is InChI=1S/C15H14FNO2/c16-12-4-1-3-11(9-12)7-8-15(19)17-13-5-2-6-14(18)10-13/h1-6,9-10,18H,7-8H2,(H,17,19). The molecule has 0 saturated heterocycles. The average Bonchev–Trinajstić information content (AvgIpc) is 2.36. The monoisotopic (exact) mass is 259 g/mol. The molecular weight excluding hydrogens is 245 g/mol. The van der Waals surface area contributed by atoms with E-state index in [0.29, 0.717) is 12.1 Å². The van der Waals surface area contributed by atoms with Gasteiger partial charge in [0.1, 0.15) is 11.6 Å². The minimum absolute atomic E-state index is 0.0999. The number of amides is 1. The smallest absolute Gasteiger partial charge is 0.224 e. The van der Waals surface area contributed by atoms with Gasteiger partial charge in [-0.2, -0.15) is 0 Å². The number of nitrogens with one attached hydrogen (secondary N) is 1. The number of benzene rings is 2. The SMILES string of the molecule is O=C(CCc1cccc(F)c1)Nc1cccc(O)c1. The molecule has 0 spiro atoms. The Morgan fingerprint density at radius 3 is 2.68 bits per heavy atom. The van der Waals surface area contributed by atoms with Crippen LogP contribution in [0.4, 0.5) is 10.1 Å². The van der Waals surface area contributed by atoms with Crippen LogP contribution < -0.4 is 5.32 Å². The number of hydrogen-bond acceptors (Lipinski definition) is 2. The highest BCUT2D eigenvalue weighted by atomic mass is 19.1. The fourth-order valence-electron chi connectivity index (χ4n) is 1.76. The molecule has 0 atom stereocenters. The summed E-state index contributed by atoms with van der Waals surface area (Å²) in [5.74, 6) is -0.372. The van der Waals surface area contributed by atoms with Crippen LogP contribution in [0.5, 0.6) is 5.75 Å². The molecule has 0 unspecified atom stereocenters. The molecule has 4 heteroatoms. The quantitative estimate of drug-likeness (QED) is 0.886. The predicted molar refractivity (Wildman–Crippen MR) is 71.5 cm³/mol. The third-order valence-electron chi connectivity index (χ3n) is 2.66. The number of halogens is 1. The fourth-order valence-corrected chi connectivity index (χ4v) is 1.76. The van der Waals surface area contributed by atoms with Gasteiger partial charge in [0, 0.05) is 18.2 Å². The Morgan fingerprint density at radius 2 is 1.95 bits per heavy atom. The number of aromatic hydroxyl groups is 1. The molecule has 0 heterocycles. The van der Waals surface area contributed by atoms with Crippen molar-refractivity contribution in [1.82, 2.24) is 0 Å². The number of anilines is 1. The van der Waals surface area contributed by atoms with Crippen LogP contribution in [0.1, 0.15) is 12.0 Å². The Kier molecular flexibility index (Phi) is 4.13. The summed E-state index contributed by atoms with van der Waals surface area (Å²) < 4.78 is 13.0. The number of rotatable bonds is 4. The van der Waals surface area contributed by atoms with E-state index in [4.69, 9.17) is 0 Å². The molecule has 2 aromatic rings. The molecule has 2 rings (SSSR count). The summed E-state index contributed by atoms with van der Waals surface area (Å²) in [6.07, 6.45) is 0.738. The maximum absolute atomic E-state index is 13.0. The third-order valence-corrected chi connectivity index (χ3v) is 2.66. The first-order valence-corrected chi connectivity index (χ1v) is 5.97. The summed E-state index contributed by atoms with van der Waals surface area (Å²) in [4.78, 5) is 11.7. The van der Waals surface area contributed by atoms with Gasteiger partial charge in [-0.15, -0.1) is 0 Å². The second-order valence-corrected chi connectivity index (χ2v) is 4.23. The Morgan fingerprint density at radius 1 is 1.16 bits per heavy atom. The molecule has 98 valence electrons. The van der Waals surface area contributed by atoms with Crippen LogP contribution in [0, 0.1) is 5.82 Å². The molecule has 0 aliphatic carbocycles. The van der Waals surface area contributed by atoms with Crippen LogP contribution in [0.25, 0.3) is 0 Å². The van der Waals surface area contributed by atoms with Crippen LogP contribution in [-0.2, 0) is 11.2 Å². The summed E-state index contributed by atoms with van der Waals surface area (Å²) in [7, 11) is 0. The summed E-state index contributed by atoms with van der Waals surface area (Å²) in [5, 5.41) is 11.9. The average molecular weight is 259 g/mol. The van der Waals surface area contributed by atoms with Gasteiger partial charge in [-0.1, -0.05) is 18.2 Å². The number of carbonyl (C=O) groups excluding carboxylic acids is 1. The van der Waals surface area contributed by atoms with E-state index < -0.39 is 0 Å². The summed E-state index contributed by atoms with van der Waals surface area (Å²) in [6, 6.07) is 12.5. The van der Waals surface area contributed by atoms with Gasteiger partial charge in [-0.05, 0) is 36.2 Å². The zero-order valence-electron chi connectivity index (χ0n) is 10.3. The Bertz CT molecular complexity index is 584. The van der Waals surface area contributed by atoms with E-state index >= 15 is 0 Å². The van der Waals surface area contributed by atoms with E-state index in [1.54, 1.807) is 24.3 Å². The highest BCUT2D eigenvalue weighted by molar-refractivity contribution is 5.90. The first kappa shape index (κ1) is 13.1. The van der Waals surface area contributed by atoms with Crippen molar-refractivity contribution < 1.29 is 14.3 Å². The lowest BCUT2D eigenvalue weighted by atomic mass is 10.1. The first-order chi connectivity index (χ1) is 9.13. The van der Waals surface area contributed by atoms with Crippen molar-refractivity contribution in [3.05, 3.63) is 59.9 Å². The fraction of sp³-hybridized carbons (Fsp3) is 0.133. The van der Waals surface area contributed by atoms with E-state index in [-0.39, 0.29) is 23.9 Å². The molecule has 19 heavy (non-hydrogen) atoms. The van der Waals surface area contributed by atoms with Gasteiger partial charge in [-0.3, -0.25) is 4.79 Å². The molecule has 0 saturated carbocycles. The van der Waals surface area contributed by atoms with Crippen LogP contribution in [0.3, 0.4) is 0 Å². The number of phenols is 1. The zero-order valence-corrected chi connectivity index (χ0v) is 10.3. The van der Waals surface area contributed by atoms with Gasteiger partial charge in [0.15, 0.2) is 0 Å². The molecule has 2 aromatic carbocycles. The first-order valence-electron chi connectivity index (χ1n) is 5.97. The molecule has 1 amide bonds. The highest BCUT2D eigenvalue weighted by Gasteiger charge is 2.04. The summed E-state index contributed by atoms with van der Waals surface area (Å²) >= 11 is 0. The maximum atomic E-state index is 13.0. The Labute approximate surface area is 110 Å². The molecular formula is C15H14FNO2. The van der Waals surface area contributed by atoms with Crippen LogP contribution >= 0.6 is 0 Å². The van der Waals surface area contributed by atoms with Crippen LogP contribution in [0.15, 0.2) is 48.5 Å². The minimum atomic E-state index is -0.300. The molecule has 0 radical (unpaired) electrons. The van der Waals surface area contributed by atoms with Crippen LogP contribution in [-0.4, -0.2) is 11.0 Å². The van der Waals surface area contributed by atoms with Gasteiger partial charge < -0.3 is 10.4 Å². The van der Waals surface area contributed by atoms with E-state index in [1.807, 2.05) is 0 Å². The van der Waals surface area contributed by atoms with Gasteiger partial charge in [-0.25, -0.2) is 4.39 Å². The lowest BCUT2D eigenvalue weighted by molar-refractivity contribution is -0.116. The molecule has 0 aliphatic rings. The van der Waals surface area contributed by atoms with Crippen molar-refractivity contribution in [3.63, 3.8) is 0 Å². The van der Waals surface area contributed by atoms with Gasteiger partial charge in [0.2, 0.25) is 5.91 Å². The Balaban J connectivity index is 1.88. The van der Waals surface area contributed by atoms with E-state index in [1.165, 1.54) is 24.3 Å². The zero-order chi connectivity index (χ0) is 13.7. The topological polar surface area (TPSA) is 49.3 Å². The predicted octanol–water partition coefficient (Wildman–Crippen LogP) is 3.10. The molecule has 2 N–H and O–H groups in total. The van der Waals surface area contributed by atoms with Crippen molar-refractivity contribution in [2.75, 3.05) is 5.32 Å². The lowest BCUT2D eigenvalue weighted by Gasteiger charge is -2.05. The van der Waals surface area contributed by atoms with Gasteiger partial charge in [0.25, 0.3) is 0 Å². The van der Waals surface area contributed by atoms with E-state index in [9.17, 15) is 14.3 Å². The normalized spacial score (nSPS) is 10.2. The van der Waals surface area contributed by atoms with Gasteiger partial charge >= 0.3 is 0 Å². The largest absolute Gasteiger partial charge is 0.508 e. The molecule has 0 aliphatic heterocycles. The summed E-state index contributed by atoms with van der Waals surface area (Å²) in [6.45, 7) is 0.